The molecular weight excluding hydrogens is 271 g/mol. The smallest absolute Gasteiger partial charge is 0.226 e. The number of aromatic amines is 1. The SMILES string of the molecule is CCCNc1nc(Nc2cccc(F)c2)c2[nH]cnc2n1. The highest BCUT2D eigenvalue weighted by atomic mass is 19.1. The molecule has 0 aliphatic rings. The Bertz CT molecular complexity index is 754. The number of imidazole rings is 1. The van der Waals surface area contributed by atoms with Gasteiger partial charge in [-0.05, 0) is 24.6 Å². The van der Waals surface area contributed by atoms with Crippen molar-refractivity contribution in [2.75, 3.05) is 17.2 Å². The van der Waals surface area contributed by atoms with Crippen molar-refractivity contribution in [2.45, 2.75) is 13.3 Å². The van der Waals surface area contributed by atoms with Gasteiger partial charge in [-0.25, -0.2) is 9.37 Å². The molecular formula is C14H15FN6. The summed E-state index contributed by atoms with van der Waals surface area (Å²) < 4.78 is 13.3. The molecule has 21 heavy (non-hydrogen) atoms. The molecule has 0 unspecified atom stereocenters. The largest absolute Gasteiger partial charge is 0.354 e. The summed E-state index contributed by atoms with van der Waals surface area (Å²) in [7, 11) is 0. The monoisotopic (exact) mass is 286 g/mol. The van der Waals surface area contributed by atoms with E-state index < -0.39 is 0 Å². The summed E-state index contributed by atoms with van der Waals surface area (Å²) in [5.41, 5.74) is 1.86. The molecule has 0 radical (unpaired) electrons. The Balaban J connectivity index is 1.97. The second kappa shape index (κ2) is 5.74. The summed E-state index contributed by atoms with van der Waals surface area (Å²) >= 11 is 0. The number of hydrogen-bond donors (Lipinski definition) is 3. The molecule has 0 spiro atoms. The van der Waals surface area contributed by atoms with Crippen LogP contribution in [0.3, 0.4) is 0 Å². The van der Waals surface area contributed by atoms with Gasteiger partial charge in [0, 0.05) is 12.2 Å². The first kappa shape index (κ1) is 13.3. The van der Waals surface area contributed by atoms with Crippen LogP contribution in [-0.4, -0.2) is 26.5 Å². The normalized spacial score (nSPS) is 10.8. The molecule has 3 aromatic rings. The number of halogens is 1. The Morgan fingerprint density at radius 1 is 1.29 bits per heavy atom. The van der Waals surface area contributed by atoms with E-state index in [0.717, 1.165) is 13.0 Å². The van der Waals surface area contributed by atoms with Gasteiger partial charge in [-0.15, -0.1) is 0 Å². The highest BCUT2D eigenvalue weighted by Gasteiger charge is 2.10. The second-order valence-corrected chi connectivity index (χ2v) is 4.56. The first-order valence-electron chi connectivity index (χ1n) is 6.74. The molecule has 6 nitrogen and oxygen atoms in total. The van der Waals surface area contributed by atoms with E-state index in [2.05, 4.69) is 37.5 Å². The predicted octanol–water partition coefficient (Wildman–Crippen LogP) is 3.06. The van der Waals surface area contributed by atoms with Crippen molar-refractivity contribution in [3.05, 3.63) is 36.4 Å². The molecule has 0 aliphatic carbocycles. The first-order valence-corrected chi connectivity index (χ1v) is 6.74. The number of rotatable bonds is 5. The number of aromatic nitrogens is 4. The molecule has 0 atom stereocenters. The molecule has 0 amide bonds. The van der Waals surface area contributed by atoms with Crippen molar-refractivity contribution in [2.24, 2.45) is 0 Å². The number of nitrogens with one attached hydrogen (secondary N) is 3. The van der Waals surface area contributed by atoms with Gasteiger partial charge in [0.25, 0.3) is 0 Å². The topological polar surface area (TPSA) is 78.5 Å². The van der Waals surface area contributed by atoms with Gasteiger partial charge in [0.05, 0.1) is 6.33 Å². The Kier molecular flexibility index (Phi) is 3.63. The van der Waals surface area contributed by atoms with Crippen LogP contribution < -0.4 is 10.6 Å². The molecule has 2 heterocycles. The zero-order chi connectivity index (χ0) is 14.7. The molecule has 1 aromatic carbocycles. The van der Waals surface area contributed by atoms with Crippen molar-refractivity contribution in [1.29, 1.82) is 0 Å². The van der Waals surface area contributed by atoms with Crippen LogP contribution in [0.5, 0.6) is 0 Å². The average molecular weight is 286 g/mol. The van der Waals surface area contributed by atoms with Crippen LogP contribution in [0.15, 0.2) is 30.6 Å². The molecule has 7 heteroatoms. The first-order chi connectivity index (χ1) is 10.3. The third-order valence-electron chi connectivity index (χ3n) is 2.91. The number of anilines is 3. The molecule has 0 fully saturated rings. The van der Waals surface area contributed by atoms with Crippen molar-refractivity contribution in [1.82, 2.24) is 19.9 Å². The number of fused-ring (bicyclic) bond motifs is 1. The summed E-state index contributed by atoms with van der Waals surface area (Å²) in [6.07, 6.45) is 2.52. The van der Waals surface area contributed by atoms with E-state index in [0.29, 0.717) is 28.6 Å². The maximum Gasteiger partial charge on any atom is 0.226 e. The van der Waals surface area contributed by atoms with E-state index in [-0.39, 0.29) is 5.82 Å². The third-order valence-corrected chi connectivity index (χ3v) is 2.91. The van der Waals surface area contributed by atoms with Crippen molar-refractivity contribution in [3.8, 4) is 0 Å². The van der Waals surface area contributed by atoms with Crippen molar-refractivity contribution >= 4 is 28.6 Å². The van der Waals surface area contributed by atoms with Crippen LogP contribution in [0, 0.1) is 5.82 Å². The molecule has 3 rings (SSSR count). The van der Waals surface area contributed by atoms with E-state index in [1.165, 1.54) is 12.1 Å². The maximum absolute atomic E-state index is 13.3. The lowest BCUT2D eigenvalue weighted by molar-refractivity contribution is 0.628. The molecule has 0 bridgehead atoms. The maximum atomic E-state index is 13.3. The minimum atomic E-state index is -0.306. The van der Waals surface area contributed by atoms with E-state index in [4.69, 9.17) is 0 Å². The molecule has 0 saturated heterocycles. The van der Waals surface area contributed by atoms with Gasteiger partial charge in [-0.1, -0.05) is 13.0 Å². The molecule has 0 saturated carbocycles. The lowest BCUT2D eigenvalue weighted by Gasteiger charge is -2.09. The second-order valence-electron chi connectivity index (χ2n) is 4.56. The van der Waals surface area contributed by atoms with Gasteiger partial charge >= 0.3 is 0 Å². The van der Waals surface area contributed by atoms with Crippen LogP contribution in [0.4, 0.5) is 21.8 Å². The van der Waals surface area contributed by atoms with E-state index in [9.17, 15) is 4.39 Å². The molecule has 108 valence electrons. The summed E-state index contributed by atoms with van der Waals surface area (Å²) in [4.78, 5) is 15.9. The van der Waals surface area contributed by atoms with Crippen molar-refractivity contribution in [3.63, 3.8) is 0 Å². The minimum Gasteiger partial charge on any atom is -0.354 e. The van der Waals surface area contributed by atoms with Crippen LogP contribution in [0.2, 0.25) is 0 Å². The Hall–Kier alpha value is -2.70. The standard InChI is InChI=1S/C14H15FN6/c1-2-6-16-14-20-12-11(17-8-18-12)13(21-14)19-10-5-3-4-9(15)7-10/h3-5,7-8H,2,6H2,1H3,(H3,16,17,18,19,20,21). The van der Waals surface area contributed by atoms with Crippen LogP contribution in [0.25, 0.3) is 11.2 Å². The lowest BCUT2D eigenvalue weighted by atomic mass is 10.3. The Labute approximate surface area is 120 Å². The summed E-state index contributed by atoms with van der Waals surface area (Å²) in [6.45, 7) is 2.83. The molecule has 2 aromatic heterocycles. The van der Waals surface area contributed by atoms with Crippen LogP contribution in [0.1, 0.15) is 13.3 Å². The summed E-state index contributed by atoms with van der Waals surface area (Å²) in [6, 6.07) is 6.21. The number of H-pyrrole nitrogens is 1. The van der Waals surface area contributed by atoms with Gasteiger partial charge in [0.15, 0.2) is 11.5 Å². The highest BCUT2D eigenvalue weighted by Crippen LogP contribution is 2.23. The zero-order valence-corrected chi connectivity index (χ0v) is 11.5. The van der Waals surface area contributed by atoms with Gasteiger partial charge < -0.3 is 15.6 Å². The third kappa shape index (κ3) is 2.91. The van der Waals surface area contributed by atoms with E-state index in [1.807, 2.05) is 0 Å². The Morgan fingerprint density at radius 2 is 2.19 bits per heavy atom. The molecule has 0 aliphatic heterocycles. The lowest BCUT2D eigenvalue weighted by Crippen LogP contribution is -2.06. The average Bonchev–Trinajstić information content (AvgIpc) is 2.94. The van der Waals surface area contributed by atoms with Gasteiger partial charge in [0.2, 0.25) is 5.95 Å². The van der Waals surface area contributed by atoms with Crippen molar-refractivity contribution < 1.29 is 4.39 Å². The minimum absolute atomic E-state index is 0.306. The molecule has 3 N–H and O–H groups in total. The fraction of sp³-hybridized carbons (Fsp3) is 0.214. The van der Waals surface area contributed by atoms with Gasteiger partial charge in [-0.3, -0.25) is 0 Å². The van der Waals surface area contributed by atoms with Gasteiger partial charge in [0.1, 0.15) is 11.3 Å². The summed E-state index contributed by atoms with van der Waals surface area (Å²) in [5, 5.41) is 6.21. The number of hydrogen-bond acceptors (Lipinski definition) is 5. The number of nitrogens with zero attached hydrogens (tertiary/aromatic N) is 3. The number of benzene rings is 1. The highest BCUT2D eigenvalue weighted by molar-refractivity contribution is 5.86. The van der Waals surface area contributed by atoms with Gasteiger partial charge in [-0.2, -0.15) is 9.97 Å². The zero-order valence-electron chi connectivity index (χ0n) is 11.5. The fourth-order valence-corrected chi connectivity index (χ4v) is 1.94. The van der Waals surface area contributed by atoms with Crippen LogP contribution in [-0.2, 0) is 0 Å². The van der Waals surface area contributed by atoms with Crippen LogP contribution >= 0.6 is 0 Å². The quantitative estimate of drug-likeness (QED) is 0.672. The fourth-order valence-electron chi connectivity index (χ4n) is 1.94. The van der Waals surface area contributed by atoms with E-state index >= 15 is 0 Å². The summed E-state index contributed by atoms with van der Waals surface area (Å²) in [5.74, 6) is 0.747. The Morgan fingerprint density at radius 3 is 3.00 bits per heavy atom. The predicted molar refractivity (Wildman–Crippen MR) is 80.1 cm³/mol. The van der Waals surface area contributed by atoms with E-state index in [1.54, 1.807) is 18.5 Å².